The fraction of sp³-hybridized carbons (Fsp3) is 0.154. The van der Waals surface area contributed by atoms with Crippen LogP contribution in [0.2, 0.25) is 0 Å². The van der Waals surface area contributed by atoms with Crippen molar-refractivity contribution in [3.05, 3.63) is 53.9 Å². The molecular formula is C13H13N. The van der Waals surface area contributed by atoms with Gasteiger partial charge in [0.1, 0.15) is 0 Å². The number of aromatic nitrogens is 1. The van der Waals surface area contributed by atoms with Gasteiger partial charge in [-0.25, -0.2) is 0 Å². The molecule has 0 spiro atoms. The Hall–Kier alpha value is -1.63. The molecule has 1 aromatic heterocycles. The molecular weight excluding hydrogens is 170 g/mol. The molecule has 0 atom stereocenters. The lowest BCUT2D eigenvalue weighted by Gasteiger charge is -2.04. The third kappa shape index (κ3) is 1.67. The molecule has 0 aliphatic heterocycles. The number of benzene rings is 1. The second-order valence-electron chi connectivity index (χ2n) is 3.56. The van der Waals surface area contributed by atoms with E-state index < -0.39 is 0 Å². The number of hydrogen-bond acceptors (Lipinski definition) is 1. The van der Waals surface area contributed by atoms with E-state index >= 15 is 0 Å². The third-order valence-corrected chi connectivity index (χ3v) is 2.38. The van der Waals surface area contributed by atoms with Crippen molar-refractivity contribution in [1.82, 2.24) is 4.98 Å². The van der Waals surface area contributed by atoms with Crippen LogP contribution < -0.4 is 0 Å². The Morgan fingerprint density at radius 3 is 2.29 bits per heavy atom. The molecule has 0 aliphatic carbocycles. The molecule has 1 heterocycles. The highest BCUT2D eigenvalue weighted by Gasteiger charge is 1.99. The van der Waals surface area contributed by atoms with E-state index in [9.17, 15) is 0 Å². The van der Waals surface area contributed by atoms with E-state index in [-0.39, 0.29) is 0 Å². The summed E-state index contributed by atoms with van der Waals surface area (Å²) in [6, 6.07) is 10.6. The van der Waals surface area contributed by atoms with Gasteiger partial charge in [0, 0.05) is 12.4 Å². The molecule has 2 rings (SSSR count). The summed E-state index contributed by atoms with van der Waals surface area (Å²) in [5.74, 6) is 0. The van der Waals surface area contributed by atoms with E-state index in [1.807, 2.05) is 12.4 Å². The summed E-state index contributed by atoms with van der Waals surface area (Å²) in [7, 11) is 0. The molecule has 1 heteroatoms. The molecule has 0 radical (unpaired) electrons. The lowest BCUT2D eigenvalue weighted by atomic mass is 10.0. The van der Waals surface area contributed by atoms with Gasteiger partial charge in [-0.2, -0.15) is 0 Å². The Labute approximate surface area is 84.4 Å². The van der Waals surface area contributed by atoms with Crippen LogP contribution in [0.3, 0.4) is 0 Å². The predicted octanol–water partition coefficient (Wildman–Crippen LogP) is 3.37. The molecule has 0 amide bonds. The molecule has 0 saturated heterocycles. The van der Waals surface area contributed by atoms with E-state index in [1.54, 1.807) is 0 Å². The van der Waals surface area contributed by atoms with Crippen LogP contribution in [0.4, 0.5) is 0 Å². The van der Waals surface area contributed by atoms with Gasteiger partial charge in [-0.15, -0.1) is 0 Å². The number of nitrogens with zero attached hydrogens (tertiary/aromatic N) is 1. The monoisotopic (exact) mass is 183 g/mol. The van der Waals surface area contributed by atoms with Crippen LogP contribution in [-0.2, 0) is 0 Å². The predicted molar refractivity (Wildman–Crippen MR) is 59.1 cm³/mol. The number of pyridine rings is 1. The van der Waals surface area contributed by atoms with Gasteiger partial charge in [0.05, 0.1) is 0 Å². The zero-order valence-corrected chi connectivity index (χ0v) is 8.49. The highest BCUT2D eigenvalue weighted by Crippen LogP contribution is 2.22. The molecule has 70 valence electrons. The second-order valence-corrected chi connectivity index (χ2v) is 3.56. The first-order valence-corrected chi connectivity index (χ1v) is 4.75. The van der Waals surface area contributed by atoms with Crippen molar-refractivity contribution < 1.29 is 0 Å². The number of hydrogen-bond donors (Lipinski definition) is 0. The first-order chi connectivity index (χ1) is 6.77. The Morgan fingerprint density at radius 2 is 1.64 bits per heavy atom. The maximum Gasteiger partial charge on any atom is 0.0303 e. The maximum absolute atomic E-state index is 4.09. The lowest BCUT2D eigenvalue weighted by molar-refractivity contribution is 1.27. The van der Waals surface area contributed by atoms with E-state index in [2.05, 4.69) is 49.2 Å². The van der Waals surface area contributed by atoms with Gasteiger partial charge < -0.3 is 0 Å². The highest BCUT2D eigenvalue weighted by molar-refractivity contribution is 5.66. The van der Waals surface area contributed by atoms with Gasteiger partial charge in [0.2, 0.25) is 0 Å². The van der Waals surface area contributed by atoms with Crippen LogP contribution in [0.25, 0.3) is 11.1 Å². The van der Waals surface area contributed by atoms with E-state index in [0.29, 0.717) is 0 Å². The van der Waals surface area contributed by atoms with Crippen LogP contribution in [0.1, 0.15) is 11.1 Å². The standard InChI is InChI=1S/C13H13N/c1-10-3-5-12(6-4-10)13-7-8-14-9-11(13)2/h3-9H,1-2H3. The number of rotatable bonds is 1. The van der Waals surface area contributed by atoms with Crippen molar-refractivity contribution in [1.29, 1.82) is 0 Å². The zero-order chi connectivity index (χ0) is 9.97. The minimum Gasteiger partial charge on any atom is -0.264 e. The first kappa shape index (κ1) is 8.95. The van der Waals surface area contributed by atoms with Crippen LogP contribution in [-0.4, -0.2) is 4.98 Å². The molecule has 2 aromatic rings. The molecule has 0 saturated carbocycles. The summed E-state index contributed by atoms with van der Waals surface area (Å²) >= 11 is 0. The molecule has 0 fully saturated rings. The Balaban J connectivity index is 2.50. The van der Waals surface area contributed by atoms with Crippen LogP contribution in [0, 0.1) is 13.8 Å². The van der Waals surface area contributed by atoms with E-state index in [1.165, 1.54) is 22.3 Å². The Morgan fingerprint density at radius 1 is 0.929 bits per heavy atom. The first-order valence-electron chi connectivity index (χ1n) is 4.75. The minimum absolute atomic E-state index is 1.22. The molecule has 0 N–H and O–H groups in total. The normalized spacial score (nSPS) is 10.1. The third-order valence-electron chi connectivity index (χ3n) is 2.38. The molecule has 1 aromatic carbocycles. The van der Waals surface area contributed by atoms with Gasteiger partial charge >= 0.3 is 0 Å². The van der Waals surface area contributed by atoms with Crippen LogP contribution >= 0.6 is 0 Å². The highest BCUT2D eigenvalue weighted by atomic mass is 14.6. The summed E-state index contributed by atoms with van der Waals surface area (Å²) in [6.07, 6.45) is 3.73. The Kier molecular flexibility index (Phi) is 2.32. The summed E-state index contributed by atoms with van der Waals surface area (Å²) in [4.78, 5) is 4.09. The SMILES string of the molecule is Cc1ccc(-c2ccncc2C)cc1. The summed E-state index contributed by atoms with van der Waals surface area (Å²) in [5.41, 5.74) is 5.03. The van der Waals surface area contributed by atoms with Crippen molar-refractivity contribution in [3.63, 3.8) is 0 Å². The molecule has 1 nitrogen and oxygen atoms in total. The fourth-order valence-electron chi connectivity index (χ4n) is 1.53. The van der Waals surface area contributed by atoms with Crippen LogP contribution in [0.5, 0.6) is 0 Å². The summed E-state index contributed by atoms with van der Waals surface area (Å²) in [6.45, 7) is 4.19. The van der Waals surface area contributed by atoms with Gasteiger partial charge in [-0.3, -0.25) is 4.98 Å². The van der Waals surface area contributed by atoms with Gasteiger partial charge in [-0.05, 0) is 36.6 Å². The minimum atomic E-state index is 1.22. The molecule has 0 unspecified atom stereocenters. The van der Waals surface area contributed by atoms with Crippen molar-refractivity contribution in [2.24, 2.45) is 0 Å². The van der Waals surface area contributed by atoms with Gasteiger partial charge in [0.15, 0.2) is 0 Å². The lowest BCUT2D eigenvalue weighted by Crippen LogP contribution is -1.84. The molecule has 14 heavy (non-hydrogen) atoms. The van der Waals surface area contributed by atoms with E-state index in [0.717, 1.165) is 0 Å². The average Bonchev–Trinajstić information content (AvgIpc) is 2.20. The number of aryl methyl sites for hydroxylation is 2. The molecule has 0 bridgehead atoms. The van der Waals surface area contributed by atoms with Crippen molar-refractivity contribution in [3.8, 4) is 11.1 Å². The smallest absolute Gasteiger partial charge is 0.0303 e. The van der Waals surface area contributed by atoms with Gasteiger partial charge in [0.25, 0.3) is 0 Å². The van der Waals surface area contributed by atoms with Crippen LogP contribution in [0.15, 0.2) is 42.7 Å². The average molecular weight is 183 g/mol. The van der Waals surface area contributed by atoms with E-state index in [4.69, 9.17) is 0 Å². The summed E-state index contributed by atoms with van der Waals surface area (Å²) < 4.78 is 0. The maximum atomic E-state index is 4.09. The quantitative estimate of drug-likeness (QED) is 0.660. The van der Waals surface area contributed by atoms with Crippen molar-refractivity contribution >= 4 is 0 Å². The second kappa shape index (κ2) is 3.62. The summed E-state index contributed by atoms with van der Waals surface area (Å²) in [5, 5.41) is 0. The van der Waals surface area contributed by atoms with Gasteiger partial charge in [-0.1, -0.05) is 29.8 Å². The van der Waals surface area contributed by atoms with Crippen molar-refractivity contribution in [2.45, 2.75) is 13.8 Å². The zero-order valence-electron chi connectivity index (χ0n) is 8.49. The van der Waals surface area contributed by atoms with Crippen molar-refractivity contribution in [2.75, 3.05) is 0 Å². The molecule has 0 aliphatic rings. The fourth-order valence-corrected chi connectivity index (χ4v) is 1.53. The topological polar surface area (TPSA) is 12.9 Å². The largest absolute Gasteiger partial charge is 0.264 e. The Bertz CT molecular complexity index is 429.